The van der Waals surface area contributed by atoms with Gasteiger partial charge in [-0.1, -0.05) is 30.3 Å². The molecule has 1 N–H and O–H groups in total. The number of anilines is 1. The fourth-order valence-corrected chi connectivity index (χ4v) is 8.62. The van der Waals surface area contributed by atoms with Crippen molar-refractivity contribution < 1.29 is 22.4 Å². The number of amides is 2. The highest BCUT2D eigenvalue weighted by Crippen LogP contribution is 2.60. The van der Waals surface area contributed by atoms with Gasteiger partial charge in [0, 0.05) is 18.7 Å². The summed E-state index contributed by atoms with van der Waals surface area (Å²) < 4.78 is 41.4. The number of benzene rings is 2. The lowest BCUT2D eigenvalue weighted by molar-refractivity contribution is -0.139. The van der Waals surface area contributed by atoms with E-state index in [0.29, 0.717) is 12.2 Å². The van der Waals surface area contributed by atoms with E-state index in [1.807, 2.05) is 12.1 Å². The number of carbonyl (C=O) groups excluding carboxylic acids is 2. The lowest BCUT2D eigenvalue weighted by atomic mass is 9.48. The first-order valence-electron chi connectivity index (χ1n) is 14.4. The van der Waals surface area contributed by atoms with Crippen molar-refractivity contribution in [2.24, 2.45) is 17.8 Å². The lowest BCUT2D eigenvalue weighted by Crippen LogP contribution is -2.51. The second-order valence-corrected chi connectivity index (χ2v) is 14.1. The molecule has 2 amide bonds. The third-order valence-corrected chi connectivity index (χ3v) is 10.4. The number of likely N-dealkylation sites (N-methyl/N-ethyl adjacent to an activating group) is 1. The average molecular weight is 570 g/mol. The minimum absolute atomic E-state index is 0.160. The molecule has 0 saturated heterocycles. The van der Waals surface area contributed by atoms with Crippen LogP contribution < -0.4 is 9.62 Å². The largest absolute Gasteiger partial charge is 0.355 e. The summed E-state index contributed by atoms with van der Waals surface area (Å²) in [4.78, 5) is 27.6. The van der Waals surface area contributed by atoms with Crippen molar-refractivity contribution in [1.82, 2.24) is 10.2 Å². The van der Waals surface area contributed by atoms with Crippen LogP contribution in [-0.4, -0.2) is 50.5 Å². The number of hydrogen-bond acceptors (Lipinski definition) is 4. The molecule has 2 aromatic carbocycles. The molecule has 2 aromatic rings. The van der Waals surface area contributed by atoms with Crippen molar-refractivity contribution in [3.63, 3.8) is 0 Å². The van der Waals surface area contributed by atoms with E-state index in [-0.39, 0.29) is 17.5 Å². The normalized spacial score (nSPS) is 25.9. The molecule has 0 radical (unpaired) electrons. The zero-order chi connectivity index (χ0) is 28.7. The summed E-state index contributed by atoms with van der Waals surface area (Å²) in [6.07, 6.45) is 8.72. The molecule has 0 heterocycles. The van der Waals surface area contributed by atoms with Gasteiger partial charge in [-0.05, 0) is 99.3 Å². The van der Waals surface area contributed by atoms with Crippen molar-refractivity contribution in [1.29, 1.82) is 0 Å². The number of sulfonamides is 1. The van der Waals surface area contributed by atoms with Gasteiger partial charge in [0.2, 0.25) is 21.8 Å². The van der Waals surface area contributed by atoms with E-state index < -0.39 is 40.2 Å². The summed E-state index contributed by atoms with van der Waals surface area (Å²) in [6, 6.07) is 12.8. The average Bonchev–Trinajstić information content (AvgIpc) is 2.89. The first-order chi connectivity index (χ1) is 19.0. The summed E-state index contributed by atoms with van der Waals surface area (Å²) >= 11 is 0. The number of nitrogens with zero attached hydrogens (tertiary/aromatic N) is 2. The topological polar surface area (TPSA) is 86.8 Å². The Kier molecular flexibility index (Phi) is 7.97. The third kappa shape index (κ3) is 5.76. The maximum atomic E-state index is 14.5. The van der Waals surface area contributed by atoms with Crippen LogP contribution in [0.25, 0.3) is 0 Å². The van der Waals surface area contributed by atoms with Gasteiger partial charge in [0.1, 0.15) is 18.4 Å². The van der Waals surface area contributed by atoms with Crippen molar-refractivity contribution >= 4 is 27.5 Å². The quantitative estimate of drug-likeness (QED) is 0.453. The Balaban J connectivity index is 1.39. The molecule has 4 bridgehead atoms. The van der Waals surface area contributed by atoms with Crippen molar-refractivity contribution in [2.75, 3.05) is 23.7 Å². The van der Waals surface area contributed by atoms with Crippen LogP contribution in [-0.2, 0) is 31.6 Å². The van der Waals surface area contributed by atoms with Gasteiger partial charge in [0.05, 0.1) is 11.9 Å². The molecule has 216 valence electrons. The summed E-state index contributed by atoms with van der Waals surface area (Å²) in [5.74, 6) is 0.912. The minimum atomic E-state index is -3.83. The highest BCUT2D eigenvalue weighted by atomic mass is 32.2. The second kappa shape index (κ2) is 11.1. The van der Waals surface area contributed by atoms with E-state index in [2.05, 4.69) is 5.32 Å². The SMILES string of the molecule is CCNC(=O)[C@H](C)N(Cc1ccccc1F)C(=O)CN(c1ccc(C23CC4CC(CC(C4)C2)C3)cc1)S(C)(=O)=O. The van der Waals surface area contributed by atoms with Crippen LogP contribution in [0.4, 0.5) is 10.1 Å². The number of carbonyl (C=O) groups is 2. The van der Waals surface area contributed by atoms with E-state index in [9.17, 15) is 22.4 Å². The van der Waals surface area contributed by atoms with Crippen molar-refractivity contribution in [2.45, 2.75) is 70.4 Å². The molecule has 4 fully saturated rings. The highest BCUT2D eigenvalue weighted by molar-refractivity contribution is 7.92. The van der Waals surface area contributed by atoms with Gasteiger partial charge in [-0.3, -0.25) is 13.9 Å². The summed E-state index contributed by atoms with van der Waals surface area (Å²) in [5, 5.41) is 2.70. The molecule has 0 aromatic heterocycles. The predicted octanol–water partition coefficient (Wildman–Crippen LogP) is 4.61. The Hall–Kier alpha value is -2.94. The summed E-state index contributed by atoms with van der Waals surface area (Å²) in [6.45, 7) is 3.05. The van der Waals surface area contributed by atoms with Gasteiger partial charge in [-0.25, -0.2) is 12.8 Å². The number of hydrogen-bond donors (Lipinski definition) is 1. The summed E-state index contributed by atoms with van der Waals surface area (Å²) in [5.41, 5.74) is 2.09. The van der Waals surface area contributed by atoms with Crippen LogP contribution in [0.3, 0.4) is 0 Å². The van der Waals surface area contributed by atoms with Gasteiger partial charge in [-0.15, -0.1) is 0 Å². The molecule has 1 atom stereocenters. The van der Waals surface area contributed by atoms with Gasteiger partial charge in [0.25, 0.3) is 0 Å². The van der Waals surface area contributed by atoms with Crippen LogP contribution in [0.15, 0.2) is 48.5 Å². The van der Waals surface area contributed by atoms with Crippen LogP contribution >= 0.6 is 0 Å². The standard InChI is InChI=1S/C31H40FN3O4S/c1-4-33-30(37)21(2)34(19-25-7-5-6-8-28(25)32)29(36)20-35(40(3,38)39)27-11-9-26(10-12-27)31-16-22-13-23(17-31)15-24(14-22)18-31/h5-12,21-24H,4,13-20H2,1-3H3,(H,33,37)/t21-,22?,23?,24?,31?/m0/s1. The molecular formula is C31H40FN3O4S. The third-order valence-electron chi connectivity index (χ3n) is 9.30. The first-order valence-corrected chi connectivity index (χ1v) is 16.2. The minimum Gasteiger partial charge on any atom is -0.355 e. The van der Waals surface area contributed by atoms with Gasteiger partial charge < -0.3 is 10.2 Å². The molecule has 0 spiro atoms. The molecule has 0 aliphatic heterocycles. The van der Waals surface area contributed by atoms with E-state index >= 15 is 0 Å². The monoisotopic (exact) mass is 569 g/mol. The van der Waals surface area contributed by atoms with Crippen LogP contribution in [0.5, 0.6) is 0 Å². The maximum Gasteiger partial charge on any atom is 0.244 e. The zero-order valence-corrected chi connectivity index (χ0v) is 24.4. The maximum absolute atomic E-state index is 14.5. The van der Waals surface area contributed by atoms with E-state index in [1.165, 1.54) is 55.1 Å². The molecule has 9 heteroatoms. The molecular weight excluding hydrogens is 529 g/mol. The molecule has 4 aliphatic carbocycles. The van der Waals surface area contributed by atoms with Crippen LogP contribution in [0.1, 0.15) is 63.5 Å². The Morgan fingerprint density at radius 3 is 2.10 bits per heavy atom. The molecule has 4 saturated carbocycles. The molecule has 6 rings (SSSR count). The van der Waals surface area contributed by atoms with E-state index in [4.69, 9.17) is 0 Å². The van der Waals surface area contributed by atoms with Crippen LogP contribution in [0.2, 0.25) is 0 Å². The molecule has 4 aliphatic rings. The molecule has 0 unspecified atom stereocenters. The fraction of sp³-hybridized carbons (Fsp3) is 0.548. The smallest absolute Gasteiger partial charge is 0.244 e. The first kappa shape index (κ1) is 28.6. The Labute approximate surface area is 237 Å². The number of halogens is 1. The van der Waals surface area contributed by atoms with Gasteiger partial charge in [-0.2, -0.15) is 0 Å². The highest BCUT2D eigenvalue weighted by Gasteiger charge is 2.51. The lowest BCUT2D eigenvalue weighted by Gasteiger charge is -2.57. The van der Waals surface area contributed by atoms with Crippen LogP contribution in [0, 0.1) is 23.6 Å². The fourth-order valence-electron chi connectivity index (χ4n) is 7.77. The number of nitrogens with one attached hydrogen (secondary N) is 1. The Morgan fingerprint density at radius 2 is 1.57 bits per heavy atom. The van der Waals surface area contributed by atoms with Gasteiger partial charge in [0.15, 0.2) is 0 Å². The number of rotatable bonds is 10. The second-order valence-electron chi connectivity index (χ2n) is 12.2. The predicted molar refractivity (Wildman–Crippen MR) is 154 cm³/mol. The molecule has 7 nitrogen and oxygen atoms in total. The van der Waals surface area contributed by atoms with E-state index in [1.54, 1.807) is 44.2 Å². The van der Waals surface area contributed by atoms with E-state index in [0.717, 1.165) is 28.3 Å². The Morgan fingerprint density at radius 1 is 1.00 bits per heavy atom. The Bertz CT molecular complexity index is 1330. The van der Waals surface area contributed by atoms with Crippen molar-refractivity contribution in [3.8, 4) is 0 Å². The van der Waals surface area contributed by atoms with Gasteiger partial charge >= 0.3 is 0 Å². The van der Waals surface area contributed by atoms with Crippen molar-refractivity contribution in [3.05, 3.63) is 65.5 Å². The summed E-state index contributed by atoms with van der Waals surface area (Å²) in [7, 11) is -3.83. The molecule has 40 heavy (non-hydrogen) atoms. The zero-order valence-electron chi connectivity index (χ0n) is 23.6.